The number of imide groups is 1. The smallest absolute Gasteiger partial charge is 0.328 e. The molecule has 5 nitrogen and oxygen atoms in total. The molecular weight excluding hydrogens is 397 g/mol. The predicted octanol–water partition coefficient (Wildman–Crippen LogP) is 4.91. The first-order valence-electron chi connectivity index (χ1n) is 8.84. The van der Waals surface area contributed by atoms with Gasteiger partial charge in [0.2, 0.25) is 0 Å². The zero-order valence-electron chi connectivity index (χ0n) is 15.1. The van der Waals surface area contributed by atoms with Gasteiger partial charge < -0.3 is 9.88 Å². The average molecular weight is 414 g/mol. The molecule has 0 aliphatic carbocycles. The van der Waals surface area contributed by atoms with Crippen LogP contribution in [0.1, 0.15) is 18.1 Å². The van der Waals surface area contributed by atoms with Crippen molar-refractivity contribution < 1.29 is 9.59 Å². The van der Waals surface area contributed by atoms with Crippen molar-refractivity contribution in [2.75, 3.05) is 6.54 Å². The second kappa shape index (κ2) is 7.34. The zero-order chi connectivity index (χ0) is 19.8. The van der Waals surface area contributed by atoms with E-state index in [2.05, 4.69) is 9.88 Å². The van der Waals surface area contributed by atoms with Crippen molar-refractivity contribution in [3.05, 3.63) is 75.5 Å². The molecule has 7 heteroatoms. The van der Waals surface area contributed by atoms with Gasteiger partial charge >= 0.3 is 6.03 Å². The van der Waals surface area contributed by atoms with Crippen molar-refractivity contribution in [3.63, 3.8) is 0 Å². The summed E-state index contributed by atoms with van der Waals surface area (Å²) in [7, 11) is 0. The van der Waals surface area contributed by atoms with Crippen molar-refractivity contribution in [1.82, 2.24) is 14.8 Å². The molecule has 142 valence electrons. The molecule has 0 bridgehead atoms. The second-order valence-corrected chi connectivity index (χ2v) is 7.33. The van der Waals surface area contributed by atoms with Crippen LogP contribution in [0, 0.1) is 0 Å². The van der Waals surface area contributed by atoms with E-state index in [4.69, 9.17) is 23.2 Å². The lowest BCUT2D eigenvalue weighted by atomic mass is 10.1. The third-order valence-electron chi connectivity index (χ3n) is 4.73. The summed E-state index contributed by atoms with van der Waals surface area (Å²) in [4.78, 5) is 25.5. The number of nitrogens with one attached hydrogen (secondary N) is 1. The van der Waals surface area contributed by atoms with Crippen LogP contribution in [0.4, 0.5) is 4.79 Å². The molecule has 2 heterocycles. The molecule has 0 saturated carbocycles. The third-order valence-corrected chi connectivity index (χ3v) is 5.47. The fourth-order valence-electron chi connectivity index (χ4n) is 3.37. The maximum absolute atomic E-state index is 12.4. The van der Waals surface area contributed by atoms with E-state index in [-0.39, 0.29) is 11.6 Å². The highest BCUT2D eigenvalue weighted by molar-refractivity contribution is 6.42. The lowest BCUT2D eigenvalue weighted by Crippen LogP contribution is -2.30. The van der Waals surface area contributed by atoms with Crippen LogP contribution in [0.5, 0.6) is 0 Å². The number of amides is 3. The first-order valence-corrected chi connectivity index (χ1v) is 9.60. The van der Waals surface area contributed by atoms with Crippen LogP contribution < -0.4 is 5.32 Å². The quantitative estimate of drug-likeness (QED) is 0.487. The van der Waals surface area contributed by atoms with Gasteiger partial charge in [-0.25, -0.2) is 4.79 Å². The Bertz CT molecular complexity index is 1130. The van der Waals surface area contributed by atoms with Crippen molar-refractivity contribution in [1.29, 1.82) is 0 Å². The van der Waals surface area contributed by atoms with Crippen LogP contribution in [0.15, 0.2) is 54.4 Å². The number of carbonyl (C=O) groups excluding carboxylic acids is 2. The van der Waals surface area contributed by atoms with Crippen molar-refractivity contribution in [3.8, 4) is 0 Å². The van der Waals surface area contributed by atoms with E-state index in [1.807, 2.05) is 42.6 Å². The topological polar surface area (TPSA) is 54.3 Å². The molecule has 1 aliphatic rings. The molecule has 3 aromatic rings. The highest BCUT2D eigenvalue weighted by atomic mass is 35.5. The highest BCUT2D eigenvalue weighted by Crippen LogP contribution is 2.27. The van der Waals surface area contributed by atoms with Crippen molar-refractivity contribution in [2.45, 2.75) is 13.5 Å². The van der Waals surface area contributed by atoms with Crippen LogP contribution >= 0.6 is 23.2 Å². The molecule has 1 aromatic heterocycles. The fraction of sp³-hybridized carbons (Fsp3) is 0.143. The minimum absolute atomic E-state index is 0.282. The molecule has 1 saturated heterocycles. The maximum Gasteiger partial charge on any atom is 0.328 e. The number of likely N-dealkylation sites (N-methyl/N-ethyl adjacent to an activating group) is 1. The first-order chi connectivity index (χ1) is 13.5. The molecule has 4 rings (SSSR count). The molecule has 0 radical (unpaired) electrons. The standard InChI is InChI=1S/C21H17Cl2N3O2/c1-2-26-20(27)18(24-21(26)28)10-14-12-25(19-6-4-3-5-15(14)19)11-13-7-8-16(22)17(23)9-13/h3-10,12H,2,11H2,1H3,(H,24,28)/b18-10+. The van der Waals surface area contributed by atoms with Gasteiger partial charge in [-0.3, -0.25) is 9.69 Å². The van der Waals surface area contributed by atoms with Gasteiger partial charge in [0.25, 0.3) is 5.91 Å². The number of carbonyl (C=O) groups is 2. The van der Waals surface area contributed by atoms with E-state index in [1.165, 1.54) is 4.90 Å². The van der Waals surface area contributed by atoms with Gasteiger partial charge in [0, 0.05) is 35.8 Å². The third kappa shape index (κ3) is 3.28. The number of fused-ring (bicyclic) bond motifs is 1. The van der Waals surface area contributed by atoms with E-state index >= 15 is 0 Å². The van der Waals surface area contributed by atoms with Gasteiger partial charge in [0.15, 0.2) is 0 Å². The van der Waals surface area contributed by atoms with Crippen LogP contribution in [0.3, 0.4) is 0 Å². The van der Waals surface area contributed by atoms with Crippen LogP contribution in [0.25, 0.3) is 17.0 Å². The number of hydrogen-bond acceptors (Lipinski definition) is 2. The number of nitrogens with zero attached hydrogens (tertiary/aromatic N) is 2. The number of rotatable bonds is 4. The van der Waals surface area contributed by atoms with Gasteiger partial charge in [0.1, 0.15) is 5.70 Å². The summed E-state index contributed by atoms with van der Waals surface area (Å²) >= 11 is 12.2. The largest absolute Gasteiger partial charge is 0.342 e. The van der Waals surface area contributed by atoms with E-state index in [9.17, 15) is 9.59 Å². The molecule has 1 N–H and O–H groups in total. The number of aromatic nitrogens is 1. The Morgan fingerprint density at radius 3 is 2.57 bits per heavy atom. The minimum Gasteiger partial charge on any atom is -0.342 e. The van der Waals surface area contributed by atoms with Crippen molar-refractivity contribution in [2.24, 2.45) is 0 Å². The van der Waals surface area contributed by atoms with Gasteiger partial charge in [-0.1, -0.05) is 47.5 Å². The summed E-state index contributed by atoms with van der Waals surface area (Å²) in [5.41, 5.74) is 3.17. The van der Waals surface area contributed by atoms with E-state index in [0.717, 1.165) is 22.0 Å². The van der Waals surface area contributed by atoms with E-state index < -0.39 is 6.03 Å². The second-order valence-electron chi connectivity index (χ2n) is 6.52. The highest BCUT2D eigenvalue weighted by Gasteiger charge is 2.32. The number of halogens is 2. The monoisotopic (exact) mass is 413 g/mol. The summed E-state index contributed by atoms with van der Waals surface area (Å²) in [6.45, 7) is 2.70. The van der Waals surface area contributed by atoms with E-state index in [1.54, 1.807) is 19.1 Å². The van der Waals surface area contributed by atoms with Gasteiger partial charge in [-0.2, -0.15) is 0 Å². The molecule has 0 unspecified atom stereocenters. The lowest BCUT2D eigenvalue weighted by Gasteiger charge is -2.06. The van der Waals surface area contributed by atoms with Crippen molar-refractivity contribution >= 4 is 52.1 Å². The average Bonchev–Trinajstić information content (AvgIpc) is 3.15. The van der Waals surface area contributed by atoms with Crippen LogP contribution in [0.2, 0.25) is 10.0 Å². The maximum atomic E-state index is 12.4. The Morgan fingerprint density at radius 2 is 1.86 bits per heavy atom. The summed E-state index contributed by atoms with van der Waals surface area (Å²) in [5.74, 6) is -0.311. The molecule has 0 spiro atoms. The number of para-hydroxylation sites is 1. The molecular formula is C21H17Cl2N3O2. The summed E-state index contributed by atoms with van der Waals surface area (Å²) in [6, 6.07) is 13.1. The molecule has 28 heavy (non-hydrogen) atoms. The fourth-order valence-corrected chi connectivity index (χ4v) is 3.69. The Kier molecular flexibility index (Phi) is 4.87. The number of benzene rings is 2. The molecule has 1 fully saturated rings. The predicted molar refractivity (Wildman–Crippen MR) is 111 cm³/mol. The molecule has 2 aromatic carbocycles. The van der Waals surface area contributed by atoms with Gasteiger partial charge in [-0.15, -0.1) is 0 Å². The Labute approximate surface area is 172 Å². The number of hydrogen-bond donors (Lipinski definition) is 1. The number of urea groups is 1. The summed E-state index contributed by atoms with van der Waals surface area (Å²) < 4.78 is 2.08. The summed E-state index contributed by atoms with van der Waals surface area (Å²) in [5, 5.41) is 4.67. The molecule has 3 amide bonds. The summed E-state index contributed by atoms with van der Waals surface area (Å²) in [6.07, 6.45) is 3.69. The minimum atomic E-state index is -0.390. The Hall–Kier alpha value is -2.76. The molecule has 1 aliphatic heterocycles. The van der Waals surface area contributed by atoms with E-state index in [0.29, 0.717) is 23.1 Å². The SMILES string of the molecule is CCN1C(=O)N/C(=C/c2cn(Cc3ccc(Cl)c(Cl)c3)c3ccccc23)C1=O. The molecule has 0 atom stereocenters. The lowest BCUT2D eigenvalue weighted by molar-refractivity contribution is -0.122. The first kappa shape index (κ1) is 18.6. The van der Waals surface area contributed by atoms with Gasteiger partial charge in [0.05, 0.1) is 10.0 Å². The Balaban J connectivity index is 1.75. The normalized spacial score (nSPS) is 15.7. The van der Waals surface area contributed by atoms with Gasteiger partial charge in [-0.05, 0) is 36.8 Å². The van der Waals surface area contributed by atoms with Crippen LogP contribution in [-0.4, -0.2) is 28.0 Å². The Morgan fingerprint density at radius 1 is 1.07 bits per heavy atom. The van der Waals surface area contributed by atoms with Crippen LogP contribution in [-0.2, 0) is 11.3 Å². The zero-order valence-corrected chi connectivity index (χ0v) is 16.6.